The molecule has 1 heterocycles. The zero-order chi connectivity index (χ0) is 17.6. The molecule has 2 aromatic rings. The number of hydrogen-bond donors (Lipinski definition) is 1. The molecule has 1 unspecified atom stereocenters. The number of hydrogen-bond acceptors (Lipinski definition) is 3. The largest absolute Gasteiger partial charge is 0.494 e. The van der Waals surface area contributed by atoms with Crippen LogP contribution in [0.1, 0.15) is 23.6 Å². The Balaban J connectivity index is 1.53. The number of ether oxygens (including phenoxy) is 2. The lowest BCUT2D eigenvalue weighted by Crippen LogP contribution is -2.38. The van der Waals surface area contributed by atoms with Crippen LogP contribution in [0.25, 0.3) is 0 Å². The summed E-state index contributed by atoms with van der Waals surface area (Å²) in [7, 11) is 0. The Morgan fingerprint density at radius 2 is 2.04 bits per heavy atom. The standard InChI is InChI=1S/C21H25NO3/c1-3-24-19-8-9-20-17(13-19)12-18(14-25-20)21(23)22-11-10-16-6-4-15(2)5-7-16/h4-9,13,18H,3,10-12,14H2,1-2H3,(H,22,23). The zero-order valence-corrected chi connectivity index (χ0v) is 14.9. The Kier molecular flexibility index (Phi) is 5.59. The van der Waals surface area contributed by atoms with Crippen molar-refractivity contribution >= 4 is 5.91 Å². The van der Waals surface area contributed by atoms with Gasteiger partial charge in [-0.05, 0) is 56.0 Å². The highest BCUT2D eigenvalue weighted by atomic mass is 16.5. The predicted octanol–water partition coefficient (Wildman–Crippen LogP) is 3.30. The van der Waals surface area contributed by atoms with Crippen molar-refractivity contribution < 1.29 is 14.3 Å². The lowest BCUT2D eigenvalue weighted by molar-refractivity contribution is -0.126. The van der Waals surface area contributed by atoms with Crippen molar-refractivity contribution in [2.45, 2.75) is 26.7 Å². The molecule has 1 aliphatic heterocycles. The van der Waals surface area contributed by atoms with E-state index in [-0.39, 0.29) is 11.8 Å². The van der Waals surface area contributed by atoms with Gasteiger partial charge in [-0.3, -0.25) is 4.79 Å². The molecule has 3 rings (SSSR count). The molecule has 0 fully saturated rings. The number of amides is 1. The predicted molar refractivity (Wildman–Crippen MR) is 98.2 cm³/mol. The van der Waals surface area contributed by atoms with E-state index in [1.165, 1.54) is 11.1 Å². The molecule has 0 saturated carbocycles. The summed E-state index contributed by atoms with van der Waals surface area (Å²) >= 11 is 0. The van der Waals surface area contributed by atoms with Crippen LogP contribution in [0.3, 0.4) is 0 Å². The van der Waals surface area contributed by atoms with Crippen molar-refractivity contribution in [2.75, 3.05) is 19.8 Å². The number of aryl methyl sites for hydroxylation is 1. The minimum atomic E-state index is -0.151. The first-order valence-electron chi connectivity index (χ1n) is 8.87. The number of fused-ring (bicyclic) bond motifs is 1. The quantitative estimate of drug-likeness (QED) is 0.878. The van der Waals surface area contributed by atoms with Gasteiger partial charge in [-0.15, -0.1) is 0 Å². The van der Waals surface area contributed by atoms with E-state index in [0.29, 0.717) is 26.2 Å². The van der Waals surface area contributed by atoms with Gasteiger partial charge in [0.05, 0.1) is 12.5 Å². The van der Waals surface area contributed by atoms with Crippen LogP contribution in [0.4, 0.5) is 0 Å². The zero-order valence-electron chi connectivity index (χ0n) is 14.9. The summed E-state index contributed by atoms with van der Waals surface area (Å²) in [6.07, 6.45) is 1.53. The van der Waals surface area contributed by atoms with Gasteiger partial charge in [-0.1, -0.05) is 29.8 Å². The third kappa shape index (κ3) is 4.53. The van der Waals surface area contributed by atoms with Crippen molar-refractivity contribution in [3.05, 3.63) is 59.2 Å². The third-order valence-corrected chi connectivity index (χ3v) is 4.45. The van der Waals surface area contributed by atoms with Gasteiger partial charge in [0.25, 0.3) is 0 Å². The maximum Gasteiger partial charge on any atom is 0.226 e. The topological polar surface area (TPSA) is 47.6 Å². The Hall–Kier alpha value is -2.49. The van der Waals surface area contributed by atoms with E-state index in [2.05, 4.69) is 36.5 Å². The molecular formula is C21H25NO3. The highest BCUT2D eigenvalue weighted by Crippen LogP contribution is 2.30. The molecule has 4 nitrogen and oxygen atoms in total. The Bertz CT molecular complexity index is 724. The number of rotatable bonds is 6. The van der Waals surface area contributed by atoms with Crippen LogP contribution in [0.5, 0.6) is 11.5 Å². The first kappa shape index (κ1) is 17.3. The highest BCUT2D eigenvalue weighted by Gasteiger charge is 2.26. The van der Waals surface area contributed by atoms with Crippen LogP contribution in [-0.4, -0.2) is 25.7 Å². The molecule has 0 aliphatic carbocycles. The maximum atomic E-state index is 12.4. The molecule has 132 valence electrons. The van der Waals surface area contributed by atoms with E-state index >= 15 is 0 Å². The molecule has 1 atom stereocenters. The fourth-order valence-corrected chi connectivity index (χ4v) is 3.02. The third-order valence-electron chi connectivity index (χ3n) is 4.45. The van der Waals surface area contributed by atoms with Gasteiger partial charge in [0.15, 0.2) is 0 Å². The van der Waals surface area contributed by atoms with E-state index in [4.69, 9.17) is 9.47 Å². The molecule has 0 radical (unpaired) electrons. The summed E-state index contributed by atoms with van der Waals surface area (Å²) in [4.78, 5) is 12.4. The average molecular weight is 339 g/mol. The fraction of sp³-hybridized carbons (Fsp3) is 0.381. The average Bonchev–Trinajstić information content (AvgIpc) is 2.63. The number of nitrogens with one attached hydrogen (secondary N) is 1. The lowest BCUT2D eigenvalue weighted by atomic mass is 9.95. The molecule has 1 amide bonds. The monoisotopic (exact) mass is 339 g/mol. The van der Waals surface area contributed by atoms with Gasteiger partial charge in [0.1, 0.15) is 18.1 Å². The summed E-state index contributed by atoms with van der Waals surface area (Å²) in [6.45, 7) is 5.73. The summed E-state index contributed by atoms with van der Waals surface area (Å²) in [5.74, 6) is 1.58. The van der Waals surface area contributed by atoms with Crippen LogP contribution in [-0.2, 0) is 17.6 Å². The summed E-state index contributed by atoms with van der Waals surface area (Å²) in [6, 6.07) is 14.2. The second kappa shape index (κ2) is 8.06. The second-order valence-electron chi connectivity index (χ2n) is 6.44. The summed E-state index contributed by atoms with van der Waals surface area (Å²) in [5.41, 5.74) is 3.52. The fourth-order valence-electron chi connectivity index (χ4n) is 3.02. The van der Waals surface area contributed by atoms with Crippen LogP contribution in [0.2, 0.25) is 0 Å². The SMILES string of the molecule is CCOc1ccc2c(c1)CC(C(=O)NCCc1ccc(C)cc1)CO2. The van der Waals surface area contributed by atoms with Gasteiger partial charge in [0, 0.05) is 6.54 Å². The maximum absolute atomic E-state index is 12.4. The van der Waals surface area contributed by atoms with Crippen LogP contribution in [0.15, 0.2) is 42.5 Å². The summed E-state index contributed by atoms with van der Waals surface area (Å²) in [5, 5.41) is 3.04. The lowest BCUT2D eigenvalue weighted by Gasteiger charge is -2.25. The van der Waals surface area contributed by atoms with Gasteiger partial charge >= 0.3 is 0 Å². The van der Waals surface area contributed by atoms with Crippen molar-refractivity contribution in [2.24, 2.45) is 5.92 Å². The van der Waals surface area contributed by atoms with Crippen molar-refractivity contribution in [1.29, 1.82) is 0 Å². The van der Waals surface area contributed by atoms with E-state index < -0.39 is 0 Å². The minimum absolute atomic E-state index is 0.0552. The first-order valence-corrected chi connectivity index (χ1v) is 8.87. The molecule has 0 saturated heterocycles. The van der Waals surface area contributed by atoms with Crippen LogP contribution >= 0.6 is 0 Å². The minimum Gasteiger partial charge on any atom is -0.494 e. The molecular weight excluding hydrogens is 314 g/mol. The molecule has 1 aliphatic rings. The highest BCUT2D eigenvalue weighted by molar-refractivity contribution is 5.79. The molecule has 0 spiro atoms. The Labute approximate surface area is 149 Å². The van der Waals surface area contributed by atoms with Gasteiger partial charge < -0.3 is 14.8 Å². The molecule has 2 aromatic carbocycles. The first-order chi connectivity index (χ1) is 12.2. The normalized spacial score (nSPS) is 15.8. The smallest absolute Gasteiger partial charge is 0.226 e. The van der Waals surface area contributed by atoms with E-state index in [1.807, 2.05) is 25.1 Å². The Morgan fingerprint density at radius 1 is 1.24 bits per heavy atom. The van der Waals surface area contributed by atoms with Gasteiger partial charge in [-0.25, -0.2) is 0 Å². The Morgan fingerprint density at radius 3 is 2.80 bits per heavy atom. The van der Waals surface area contributed by atoms with Crippen molar-refractivity contribution in [1.82, 2.24) is 5.32 Å². The van der Waals surface area contributed by atoms with Crippen molar-refractivity contribution in [3.8, 4) is 11.5 Å². The van der Waals surface area contributed by atoms with Crippen molar-refractivity contribution in [3.63, 3.8) is 0 Å². The molecule has 4 heteroatoms. The molecule has 0 bridgehead atoms. The number of carbonyl (C=O) groups excluding carboxylic acids is 1. The van der Waals surface area contributed by atoms with Crippen LogP contribution < -0.4 is 14.8 Å². The number of carbonyl (C=O) groups is 1. The summed E-state index contributed by atoms with van der Waals surface area (Å²) < 4.78 is 11.3. The van der Waals surface area contributed by atoms with Crippen LogP contribution in [0, 0.1) is 12.8 Å². The molecule has 0 aromatic heterocycles. The van der Waals surface area contributed by atoms with E-state index in [1.54, 1.807) is 0 Å². The molecule has 25 heavy (non-hydrogen) atoms. The van der Waals surface area contributed by atoms with Gasteiger partial charge in [-0.2, -0.15) is 0 Å². The molecule has 1 N–H and O–H groups in total. The number of benzene rings is 2. The van der Waals surface area contributed by atoms with E-state index in [9.17, 15) is 4.79 Å². The van der Waals surface area contributed by atoms with Gasteiger partial charge in [0.2, 0.25) is 5.91 Å². The van der Waals surface area contributed by atoms with E-state index in [0.717, 1.165) is 23.5 Å². The second-order valence-corrected chi connectivity index (χ2v) is 6.44.